The van der Waals surface area contributed by atoms with Gasteiger partial charge in [0.1, 0.15) is 17.3 Å². The minimum absolute atomic E-state index is 0.455. The summed E-state index contributed by atoms with van der Waals surface area (Å²) in [5.41, 5.74) is 0. The van der Waals surface area contributed by atoms with Crippen LogP contribution in [-0.4, -0.2) is 36.3 Å². The first-order chi connectivity index (χ1) is 8.22. The van der Waals surface area contributed by atoms with Gasteiger partial charge in [0.25, 0.3) is 0 Å². The van der Waals surface area contributed by atoms with E-state index in [0.717, 1.165) is 25.2 Å². The number of hydrogen-bond acceptors (Lipinski definition) is 4. The molecule has 0 N–H and O–H groups in total. The largest absolute Gasteiger partial charge is 0.383 e. The molecule has 5 heteroatoms. The Labute approximate surface area is 108 Å². The fourth-order valence-corrected chi connectivity index (χ4v) is 2.03. The van der Waals surface area contributed by atoms with Crippen LogP contribution in [-0.2, 0) is 4.74 Å². The Hall–Kier alpha value is -0.870. The van der Waals surface area contributed by atoms with E-state index >= 15 is 0 Å². The maximum Gasteiger partial charge on any atom is 0.134 e. The first-order valence-electron chi connectivity index (χ1n) is 5.96. The molecule has 1 heterocycles. The molecule has 17 heavy (non-hydrogen) atoms. The quantitative estimate of drug-likeness (QED) is 0.704. The molecule has 0 aromatic carbocycles. The van der Waals surface area contributed by atoms with Gasteiger partial charge in [0.15, 0.2) is 0 Å². The van der Waals surface area contributed by atoms with Crippen molar-refractivity contribution >= 4 is 17.4 Å². The number of nitrogens with zero attached hydrogens (tertiary/aromatic N) is 3. The third kappa shape index (κ3) is 4.13. The van der Waals surface area contributed by atoms with Crippen LogP contribution in [0.4, 0.5) is 5.82 Å². The molecule has 4 nitrogen and oxygen atoms in total. The van der Waals surface area contributed by atoms with Crippen molar-refractivity contribution in [1.29, 1.82) is 0 Å². The molecular weight excluding hydrogens is 238 g/mol. The van der Waals surface area contributed by atoms with Crippen LogP contribution < -0.4 is 4.90 Å². The van der Waals surface area contributed by atoms with Crippen molar-refractivity contribution in [3.63, 3.8) is 0 Å². The minimum atomic E-state index is 0.455. The lowest BCUT2D eigenvalue weighted by Gasteiger charge is -2.31. The average molecular weight is 258 g/mol. The lowest BCUT2D eigenvalue weighted by molar-refractivity contribution is 0.202. The summed E-state index contributed by atoms with van der Waals surface area (Å²) >= 11 is 5.90. The molecule has 1 aromatic heterocycles. The summed E-state index contributed by atoms with van der Waals surface area (Å²) in [4.78, 5) is 10.4. The van der Waals surface area contributed by atoms with Crippen molar-refractivity contribution < 1.29 is 4.74 Å². The molecule has 0 atom stereocenters. The topological polar surface area (TPSA) is 38.2 Å². The van der Waals surface area contributed by atoms with Crippen LogP contribution in [0.3, 0.4) is 0 Å². The third-order valence-corrected chi connectivity index (χ3v) is 3.04. The van der Waals surface area contributed by atoms with E-state index in [1.807, 2.05) is 0 Å². The minimum Gasteiger partial charge on any atom is -0.383 e. The maximum absolute atomic E-state index is 5.90. The molecular formula is C12H20ClN3O. The summed E-state index contributed by atoms with van der Waals surface area (Å²) in [7, 11) is 1.71. The molecule has 0 radical (unpaired) electrons. The first-order valence-corrected chi connectivity index (χ1v) is 6.33. The van der Waals surface area contributed by atoms with Crippen molar-refractivity contribution in [3.05, 3.63) is 17.5 Å². The molecule has 0 unspecified atom stereocenters. The smallest absolute Gasteiger partial charge is 0.134 e. The molecule has 0 aliphatic heterocycles. The predicted octanol–water partition coefficient (Wildman–Crippen LogP) is 2.77. The molecule has 0 amide bonds. The summed E-state index contributed by atoms with van der Waals surface area (Å²) in [6.45, 7) is 5.85. The van der Waals surface area contributed by atoms with Gasteiger partial charge in [0.2, 0.25) is 0 Å². The van der Waals surface area contributed by atoms with Crippen LogP contribution in [0.1, 0.15) is 26.7 Å². The predicted molar refractivity (Wildman–Crippen MR) is 70.6 cm³/mol. The van der Waals surface area contributed by atoms with Crippen molar-refractivity contribution in [1.82, 2.24) is 9.97 Å². The summed E-state index contributed by atoms with van der Waals surface area (Å²) < 4.78 is 5.15. The number of ether oxygens (including phenoxy) is 1. The lowest BCUT2D eigenvalue weighted by atomic mass is 10.1. The Morgan fingerprint density at radius 3 is 2.59 bits per heavy atom. The molecule has 0 saturated carbocycles. The molecule has 0 aliphatic rings. The molecule has 0 saturated heterocycles. The van der Waals surface area contributed by atoms with Gasteiger partial charge in [-0.25, -0.2) is 9.97 Å². The van der Waals surface area contributed by atoms with Gasteiger partial charge in [-0.15, -0.1) is 0 Å². The van der Waals surface area contributed by atoms with E-state index in [1.165, 1.54) is 6.33 Å². The van der Waals surface area contributed by atoms with Crippen LogP contribution >= 0.6 is 11.6 Å². The zero-order chi connectivity index (χ0) is 12.7. The van der Waals surface area contributed by atoms with Crippen molar-refractivity contribution in [3.8, 4) is 0 Å². The van der Waals surface area contributed by atoms with Crippen LogP contribution in [0.5, 0.6) is 0 Å². The van der Waals surface area contributed by atoms with E-state index in [-0.39, 0.29) is 0 Å². The average Bonchev–Trinajstić information content (AvgIpc) is 2.34. The monoisotopic (exact) mass is 257 g/mol. The highest BCUT2D eigenvalue weighted by Crippen LogP contribution is 2.19. The molecule has 96 valence electrons. The maximum atomic E-state index is 5.90. The Morgan fingerprint density at radius 2 is 2.06 bits per heavy atom. The van der Waals surface area contributed by atoms with Crippen LogP contribution in [0.15, 0.2) is 12.4 Å². The Bertz CT molecular complexity index is 331. The highest BCUT2D eigenvalue weighted by molar-refractivity contribution is 6.29. The second-order valence-electron chi connectivity index (χ2n) is 3.86. The van der Waals surface area contributed by atoms with E-state index < -0.39 is 0 Å². The first kappa shape index (κ1) is 14.2. The molecule has 0 bridgehead atoms. The van der Waals surface area contributed by atoms with E-state index in [4.69, 9.17) is 16.3 Å². The number of hydrogen-bond donors (Lipinski definition) is 0. The van der Waals surface area contributed by atoms with Gasteiger partial charge in [0, 0.05) is 25.8 Å². The third-order valence-electron chi connectivity index (χ3n) is 2.83. The zero-order valence-corrected chi connectivity index (χ0v) is 11.4. The summed E-state index contributed by atoms with van der Waals surface area (Å²) in [6.07, 6.45) is 3.64. The highest BCUT2D eigenvalue weighted by atomic mass is 35.5. The summed E-state index contributed by atoms with van der Waals surface area (Å²) in [6, 6.07) is 2.26. The second-order valence-corrected chi connectivity index (χ2v) is 4.24. The Morgan fingerprint density at radius 1 is 1.35 bits per heavy atom. The Kier molecular flexibility index (Phi) is 6.22. The second kappa shape index (κ2) is 7.45. The number of aromatic nitrogens is 2. The standard InChI is InChI=1S/C12H20ClN3O/c1-4-10(5-2)16(6-7-17-3)12-8-11(13)14-9-15-12/h8-10H,4-7H2,1-3H3. The normalized spacial score (nSPS) is 10.9. The van der Waals surface area contributed by atoms with E-state index in [9.17, 15) is 0 Å². The van der Waals surface area contributed by atoms with Crippen molar-refractivity contribution in [2.75, 3.05) is 25.2 Å². The van der Waals surface area contributed by atoms with Gasteiger partial charge in [-0.1, -0.05) is 25.4 Å². The van der Waals surface area contributed by atoms with E-state index in [0.29, 0.717) is 17.8 Å². The van der Waals surface area contributed by atoms with Crippen LogP contribution in [0.25, 0.3) is 0 Å². The molecule has 0 fully saturated rings. The van der Waals surface area contributed by atoms with Gasteiger partial charge in [-0.3, -0.25) is 0 Å². The lowest BCUT2D eigenvalue weighted by Crippen LogP contribution is -2.37. The van der Waals surface area contributed by atoms with Gasteiger partial charge < -0.3 is 9.64 Å². The number of methoxy groups -OCH3 is 1. The molecule has 1 rings (SSSR count). The molecule has 0 spiro atoms. The number of halogens is 1. The van der Waals surface area contributed by atoms with Crippen molar-refractivity contribution in [2.45, 2.75) is 32.7 Å². The summed E-state index contributed by atoms with van der Waals surface area (Å²) in [5.74, 6) is 0.871. The van der Waals surface area contributed by atoms with Crippen LogP contribution in [0.2, 0.25) is 5.15 Å². The molecule has 0 aliphatic carbocycles. The van der Waals surface area contributed by atoms with Crippen molar-refractivity contribution in [2.24, 2.45) is 0 Å². The van der Waals surface area contributed by atoms with Gasteiger partial charge in [0.05, 0.1) is 6.61 Å². The van der Waals surface area contributed by atoms with Gasteiger partial charge in [-0.05, 0) is 12.8 Å². The zero-order valence-electron chi connectivity index (χ0n) is 10.7. The van der Waals surface area contributed by atoms with Gasteiger partial charge in [-0.2, -0.15) is 0 Å². The SMILES string of the molecule is CCC(CC)N(CCOC)c1cc(Cl)ncn1. The number of rotatable bonds is 7. The summed E-state index contributed by atoms with van der Waals surface area (Å²) in [5, 5.41) is 0.475. The van der Waals surface area contributed by atoms with E-state index in [2.05, 4.69) is 28.7 Å². The fraction of sp³-hybridized carbons (Fsp3) is 0.667. The van der Waals surface area contributed by atoms with Crippen LogP contribution in [0, 0.1) is 0 Å². The van der Waals surface area contributed by atoms with Gasteiger partial charge >= 0.3 is 0 Å². The van der Waals surface area contributed by atoms with E-state index in [1.54, 1.807) is 13.2 Å². The fourth-order valence-electron chi connectivity index (χ4n) is 1.88. The molecule has 1 aromatic rings. The number of anilines is 1. The highest BCUT2D eigenvalue weighted by Gasteiger charge is 2.16. The Balaban J connectivity index is 2.88.